The number of amides is 1. The van der Waals surface area contributed by atoms with Gasteiger partial charge in [0, 0.05) is 26.3 Å². The fourth-order valence-corrected chi connectivity index (χ4v) is 2.00. The first-order valence-electron chi connectivity index (χ1n) is 7.25. The van der Waals surface area contributed by atoms with Gasteiger partial charge in [-0.15, -0.1) is 0 Å². The Labute approximate surface area is 132 Å². The number of likely N-dealkylation sites (N-methyl/N-ethyl adjacent to an activating group) is 1. The molecular weight excluding hydrogens is 284 g/mol. The second-order valence-corrected chi connectivity index (χ2v) is 5.06. The highest BCUT2D eigenvalue weighted by atomic mass is 16.5. The number of anilines is 1. The molecule has 1 N–H and O–H groups in total. The van der Waals surface area contributed by atoms with Crippen LogP contribution >= 0.6 is 0 Å². The van der Waals surface area contributed by atoms with Gasteiger partial charge in [-0.05, 0) is 32.5 Å². The van der Waals surface area contributed by atoms with Crippen molar-refractivity contribution in [1.29, 1.82) is 0 Å². The molecule has 0 aliphatic heterocycles. The quantitative estimate of drug-likeness (QED) is 0.707. The summed E-state index contributed by atoms with van der Waals surface area (Å²) in [5.41, 5.74) is 0.601. The lowest BCUT2D eigenvalue weighted by Crippen LogP contribution is -2.40. The molecule has 22 heavy (non-hydrogen) atoms. The first-order chi connectivity index (χ1) is 10.5. The molecule has 0 saturated carbocycles. The first kappa shape index (κ1) is 18.3. The maximum Gasteiger partial charge on any atom is 0.241 e. The lowest BCUT2D eigenvalue weighted by atomic mass is 10.2. The molecule has 1 amide bonds. The van der Waals surface area contributed by atoms with Crippen LogP contribution in [0, 0.1) is 0 Å². The van der Waals surface area contributed by atoms with E-state index >= 15 is 0 Å². The van der Waals surface area contributed by atoms with Crippen LogP contribution in [0.5, 0.6) is 11.5 Å². The first-order valence-corrected chi connectivity index (χ1v) is 7.25. The Hall–Kier alpha value is -1.79. The molecule has 124 valence electrons. The van der Waals surface area contributed by atoms with Gasteiger partial charge in [-0.2, -0.15) is 0 Å². The zero-order valence-electron chi connectivity index (χ0n) is 14.0. The Kier molecular flexibility index (Phi) is 7.70. The van der Waals surface area contributed by atoms with Gasteiger partial charge in [0.05, 0.1) is 25.9 Å². The molecule has 0 aliphatic carbocycles. The Bertz CT molecular complexity index is 479. The van der Waals surface area contributed by atoms with E-state index in [1.165, 1.54) is 0 Å². The molecule has 0 aromatic heterocycles. The molecule has 0 bridgehead atoms. The average Bonchev–Trinajstić information content (AvgIpc) is 2.53. The van der Waals surface area contributed by atoms with Crippen molar-refractivity contribution in [3.05, 3.63) is 18.2 Å². The van der Waals surface area contributed by atoms with E-state index in [0.29, 0.717) is 23.8 Å². The summed E-state index contributed by atoms with van der Waals surface area (Å²) < 4.78 is 15.5. The summed E-state index contributed by atoms with van der Waals surface area (Å²) in [6.45, 7) is 3.34. The van der Waals surface area contributed by atoms with E-state index in [1.807, 2.05) is 18.9 Å². The predicted octanol–water partition coefficient (Wildman–Crippen LogP) is 2.00. The van der Waals surface area contributed by atoms with Crippen LogP contribution in [0.1, 0.15) is 13.3 Å². The lowest BCUT2D eigenvalue weighted by molar-refractivity contribution is -0.120. The molecule has 0 saturated heterocycles. The fourth-order valence-electron chi connectivity index (χ4n) is 2.00. The van der Waals surface area contributed by atoms with Crippen LogP contribution in [-0.2, 0) is 9.53 Å². The number of rotatable bonds is 9. The highest BCUT2D eigenvalue weighted by Crippen LogP contribution is 2.29. The minimum absolute atomic E-state index is 0.0912. The predicted molar refractivity (Wildman–Crippen MR) is 86.8 cm³/mol. The van der Waals surface area contributed by atoms with Gasteiger partial charge in [-0.25, -0.2) is 0 Å². The van der Waals surface area contributed by atoms with Crippen molar-refractivity contribution in [2.45, 2.75) is 19.4 Å². The molecule has 0 aliphatic rings. The van der Waals surface area contributed by atoms with E-state index in [1.54, 1.807) is 39.5 Å². The fraction of sp³-hybridized carbons (Fsp3) is 0.562. The van der Waals surface area contributed by atoms with Gasteiger partial charge in [-0.1, -0.05) is 0 Å². The second-order valence-electron chi connectivity index (χ2n) is 5.06. The average molecular weight is 310 g/mol. The van der Waals surface area contributed by atoms with Crippen LogP contribution in [0.2, 0.25) is 0 Å². The lowest BCUT2D eigenvalue weighted by Gasteiger charge is -2.24. The highest BCUT2D eigenvalue weighted by Gasteiger charge is 2.19. The van der Waals surface area contributed by atoms with Gasteiger partial charge in [0.1, 0.15) is 11.5 Å². The summed E-state index contributed by atoms with van der Waals surface area (Å²) in [5, 5.41) is 2.89. The van der Waals surface area contributed by atoms with Gasteiger partial charge in [0.15, 0.2) is 0 Å². The van der Waals surface area contributed by atoms with E-state index in [2.05, 4.69) is 5.32 Å². The van der Waals surface area contributed by atoms with E-state index in [4.69, 9.17) is 14.2 Å². The molecule has 6 nitrogen and oxygen atoms in total. The van der Waals surface area contributed by atoms with Gasteiger partial charge < -0.3 is 19.5 Å². The number of nitrogens with zero attached hydrogens (tertiary/aromatic N) is 1. The van der Waals surface area contributed by atoms with Crippen molar-refractivity contribution >= 4 is 11.6 Å². The Morgan fingerprint density at radius 2 is 2.00 bits per heavy atom. The number of nitrogens with one attached hydrogen (secondary N) is 1. The standard InChI is InChI=1S/C16H26N2O4/c1-12(18(2)9-6-10-20-3)16(19)17-14-11-13(21-4)7-8-15(14)22-5/h7-8,11-12H,6,9-10H2,1-5H3,(H,17,19). The van der Waals surface area contributed by atoms with Crippen molar-refractivity contribution in [1.82, 2.24) is 4.90 Å². The number of hydrogen-bond acceptors (Lipinski definition) is 5. The molecule has 1 unspecified atom stereocenters. The van der Waals surface area contributed by atoms with Crippen molar-refractivity contribution in [2.75, 3.05) is 46.8 Å². The second kappa shape index (κ2) is 9.27. The molecule has 1 aromatic rings. The summed E-state index contributed by atoms with van der Waals surface area (Å²) in [4.78, 5) is 14.4. The zero-order chi connectivity index (χ0) is 16.5. The third-order valence-corrected chi connectivity index (χ3v) is 3.56. The summed E-state index contributed by atoms with van der Waals surface area (Å²) in [7, 11) is 6.74. The number of benzene rings is 1. The van der Waals surface area contributed by atoms with Crippen molar-refractivity contribution < 1.29 is 19.0 Å². The van der Waals surface area contributed by atoms with E-state index in [0.717, 1.165) is 13.0 Å². The number of carbonyl (C=O) groups is 1. The van der Waals surface area contributed by atoms with Crippen LogP contribution in [0.25, 0.3) is 0 Å². The van der Waals surface area contributed by atoms with E-state index in [9.17, 15) is 4.79 Å². The monoisotopic (exact) mass is 310 g/mol. The SMILES string of the molecule is COCCCN(C)C(C)C(=O)Nc1cc(OC)ccc1OC. The molecule has 1 rings (SSSR count). The molecule has 1 aromatic carbocycles. The third kappa shape index (κ3) is 5.20. The normalized spacial score (nSPS) is 12.1. The number of hydrogen-bond donors (Lipinski definition) is 1. The third-order valence-electron chi connectivity index (χ3n) is 3.56. The molecule has 0 spiro atoms. The topological polar surface area (TPSA) is 60.0 Å². The Balaban J connectivity index is 2.70. The summed E-state index contributed by atoms with van der Waals surface area (Å²) in [6, 6.07) is 5.04. The maximum absolute atomic E-state index is 12.4. The van der Waals surface area contributed by atoms with Crippen molar-refractivity contribution in [2.24, 2.45) is 0 Å². The Morgan fingerprint density at radius 1 is 1.27 bits per heavy atom. The minimum Gasteiger partial charge on any atom is -0.497 e. The number of methoxy groups -OCH3 is 3. The zero-order valence-corrected chi connectivity index (χ0v) is 14.0. The van der Waals surface area contributed by atoms with Crippen LogP contribution < -0.4 is 14.8 Å². The smallest absolute Gasteiger partial charge is 0.241 e. The van der Waals surface area contributed by atoms with Gasteiger partial charge >= 0.3 is 0 Å². The molecule has 6 heteroatoms. The van der Waals surface area contributed by atoms with Crippen LogP contribution in [0.3, 0.4) is 0 Å². The number of carbonyl (C=O) groups excluding carboxylic acids is 1. The molecule has 0 fully saturated rings. The van der Waals surface area contributed by atoms with Crippen LogP contribution in [-0.4, -0.2) is 58.4 Å². The van der Waals surface area contributed by atoms with Gasteiger partial charge in [-0.3, -0.25) is 9.69 Å². The minimum atomic E-state index is -0.257. The van der Waals surface area contributed by atoms with E-state index < -0.39 is 0 Å². The summed E-state index contributed by atoms with van der Waals surface area (Å²) in [6.07, 6.45) is 0.882. The molecule has 0 heterocycles. The van der Waals surface area contributed by atoms with Crippen LogP contribution in [0.15, 0.2) is 18.2 Å². The molecule has 0 radical (unpaired) electrons. The van der Waals surface area contributed by atoms with Crippen molar-refractivity contribution in [3.8, 4) is 11.5 Å². The maximum atomic E-state index is 12.4. The number of ether oxygens (including phenoxy) is 3. The van der Waals surface area contributed by atoms with Gasteiger partial charge in [0.25, 0.3) is 0 Å². The Morgan fingerprint density at radius 3 is 2.59 bits per heavy atom. The van der Waals surface area contributed by atoms with E-state index in [-0.39, 0.29) is 11.9 Å². The van der Waals surface area contributed by atoms with Crippen LogP contribution in [0.4, 0.5) is 5.69 Å². The summed E-state index contributed by atoms with van der Waals surface area (Å²) in [5.74, 6) is 1.17. The van der Waals surface area contributed by atoms with Crippen molar-refractivity contribution in [3.63, 3.8) is 0 Å². The van der Waals surface area contributed by atoms with Gasteiger partial charge in [0.2, 0.25) is 5.91 Å². The molecular formula is C16H26N2O4. The summed E-state index contributed by atoms with van der Waals surface area (Å²) >= 11 is 0. The highest BCUT2D eigenvalue weighted by molar-refractivity contribution is 5.96. The molecule has 1 atom stereocenters. The largest absolute Gasteiger partial charge is 0.497 e.